The lowest BCUT2D eigenvalue weighted by atomic mass is 9.55. The van der Waals surface area contributed by atoms with Gasteiger partial charge in [-0.3, -0.25) is 24.2 Å². The minimum absolute atomic E-state index is 0.0161. The Balaban J connectivity index is 1.47. The molecule has 5 atom stereocenters. The Morgan fingerprint density at radius 3 is 2.20 bits per heavy atom. The molecule has 0 spiro atoms. The monoisotopic (exact) mass is 558 g/mol. The number of fused-ring (bicyclic) bond motifs is 5. The molecule has 9 nitrogen and oxygen atoms in total. The molecular formula is C31H46N2O7. The topological polar surface area (TPSA) is 94.6 Å². The van der Waals surface area contributed by atoms with Crippen LogP contribution in [0.5, 0.6) is 5.75 Å². The molecule has 0 amide bonds. The SMILES string of the molecule is COC(=O)CN(CCCN(CC(=O)OC)C1CCC2C3CCc4cc(OC)ccc4C3CC[C@@]21C)CC(=O)OC. The van der Waals surface area contributed by atoms with Crippen molar-refractivity contribution in [2.75, 3.05) is 61.2 Å². The van der Waals surface area contributed by atoms with E-state index in [-0.39, 0.29) is 37.1 Å². The quantitative estimate of drug-likeness (QED) is 0.282. The second-order valence-electron chi connectivity index (χ2n) is 11.9. The fraction of sp³-hybridized carbons (Fsp3) is 0.710. The van der Waals surface area contributed by atoms with Crippen LogP contribution in [0.3, 0.4) is 0 Å². The highest BCUT2D eigenvalue weighted by Gasteiger charge is 2.56. The van der Waals surface area contributed by atoms with E-state index in [0.29, 0.717) is 37.3 Å². The molecule has 0 aromatic heterocycles. The molecule has 4 rings (SSSR count). The van der Waals surface area contributed by atoms with Crippen molar-refractivity contribution in [2.45, 2.75) is 63.8 Å². The van der Waals surface area contributed by atoms with Crippen LogP contribution in [0.25, 0.3) is 0 Å². The van der Waals surface area contributed by atoms with E-state index in [4.69, 9.17) is 18.9 Å². The maximum atomic E-state index is 12.5. The van der Waals surface area contributed by atoms with Crippen LogP contribution in [0.1, 0.15) is 62.5 Å². The van der Waals surface area contributed by atoms with Crippen LogP contribution < -0.4 is 4.74 Å². The highest BCUT2D eigenvalue weighted by Crippen LogP contribution is 2.62. The fourth-order valence-corrected chi connectivity index (χ4v) is 8.04. The molecule has 0 bridgehead atoms. The molecule has 1 aromatic rings. The summed E-state index contributed by atoms with van der Waals surface area (Å²) in [5.41, 5.74) is 3.07. The summed E-state index contributed by atoms with van der Waals surface area (Å²) in [4.78, 5) is 40.4. The van der Waals surface area contributed by atoms with Crippen molar-refractivity contribution in [3.63, 3.8) is 0 Å². The Morgan fingerprint density at radius 2 is 1.55 bits per heavy atom. The molecule has 3 aliphatic rings. The first-order valence-electron chi connectivity index (χ1n) is 14.6. The van der Waals surface area contributed by atoms with Gasteiger partial charge in [0.05, 0.1) is 48.1 Å². The van der Waals surface area contributed by atoms with E-state index in [1.807, 2.05) is 0 Å². The zero-order valence-corrected chi connectivity index (χ0v) is 24.8. The van der Waals surface area contributed by atoms with Crippen molar-refractivity contribution in [1.29, 1.82) is 0 Å². The summed E-state index contributed by atoms with van der Waals surface area (Å²) in [5.74, 6) is 1.76. The largest absolute Gasteiger partial charge is 0.497 e. The Kier molecular flexibility index (Phi) is 10.1. The number of carbonyl (C=O) groups excluding carboxylic acids is 3. The van der Waals surface area contributed by atoms with E-state index in [0.717, 1.165) is 31.4 Å². The van der Waals surface area contributed by atoms with E-state index < -0.39 is 11.9 Å². The molecule has 0 saturated heterocycles. The zero-order chi connectivity index (χ0) is 28.9. The summed E-state index contributed by atoms with van der Waals surface area (Å²) in [7, 11) is 5.84. The van der Waals surface area contributed by atoms with Gasteiger partial charge in [-0.25, -0.2) is 0 Å². The summed E-state index contributed by atoms with van der Waals surface area (Å²) in [6.07, 6.45) is 7.50. The molecule has 2 saturated carbocycles. The molecule has 0 N–H and O–H groups in total. The number of esters is 3. The third kappa shape index (κ3) is 6.46. The Hall–Kier alpha value is -2.65. The number of hydrogen-bond acceptors (Lipinski definition) is 9. The Morgan fingerprint density at radius 1 is 0.875 bits per heavy atom. The van der Waals surface area contributed by atoms with Crippen molar-refractivity contribution in [2.24, 2.45) is 17.3 Å². The number of benzene rings is 1. The molecule has 1 aromatic carbocycles. The van der Waals surface area contributed by atoms with E-state index in [1.165, 1.54) is 45.3 Å². The number of aryl methyl sites for hydroxylation is 1. The van der Waals surface area contributed by atoms with Crippen LogP contribution in [0, 0.1) is 17.3 Å². The van der Waals surface area contributed by atoms with Crippen LogP contribution in [0.15, 0.2) is 18.2 Å². The molecular weight excluding hydrogens is 512 g/mol. The fourth-order valence-electron chi connectivity index (χ4n) is 8.04. The van der Waals surface area contributed by atoms with Crippen molar-refractivity contribution in [3.05, 3.63) is 29.3 Å². The number of hydrogen-bond donors (Lipinski definition) is 0. The molecule has 2 fully saturated rings. The van der Waals surface area contributed by atoms with E-state index in [1.54, 1.807) is 12.0 Å². The number of ether oxygens (including phenoxy) is 4. The van der Waals surface area contributed by atoms with E-state index in [9.17, 15) is 14.4 Å². The lowest BCUT2D eigenvalue weighted by Gasteiger charge is -2.52. The normalized spacial score (nSPS) is 27.0. The molecule has 4 unspecified atom stereocenters. The van der Waals surface area contributed by atoms with Gasteiger partial charge in [-0.15, -0.1) is 0 Å². The van der Waals surface area contributed by atoms with Gasteiger partial charge >= 0.3 is 17.9 Å². The van der Waals surface area contributed by atoms with Gasteiger partial charge in [0, 0.05) is 19.1 Å². The maximum Gasteiger partial charge on any atom is 0.319 e. The van der Waals surface area contributed by atoms with Crippen LogP contribution in [0.2, 0.25) is 0 Å². The van der Waals surface area contributed by atoms with Gasteiger partial charge in [-0.1, -0.05) is 13.0 Å². The lowest BCUT2D eigenvalue weighted by molar-refractivity contribution is -0.145. The molecule has 9 heteroatoms. The second-order valence-corrected chi connectivity index (χ2v) is 11.9. The average Bonchev–Trinajstić information content (AvgIpc) is 3.32. The van der Waals surface area contributed by atoms with Gasteiger partial charge < -0.3 is 18.9 Å². The second kappa shape index (κ2) is 13.3. The third-order valence-electron chi connectivity index (χ3n) is 9.96. The van der Waals surface area contributed by atoms with Crippen molar-refractivity contribution >= 4 is 17.9 Å². The lowest BCUT2D eigenvalue weighted by Crippen LogP contribution is -2.52. The summed E-state index contributed by atoms with van der Waals surface area (Å²) in [5, 5.41) is 0. The summed E-state index contributed by atoms with van der Waals surface area (Å²) in [6.45, 7) is 3.91. The Bertz CT molecular complexity index is 1040. The molecule has 0 heterocycles. The standard InChI is InChI=1S/C31H46N2O7/c1-31-14-13-24-23-10-8-22(37-2)17-21(23)7-9-25(24)26(31)11-12-27(31)33(20-30(36)40-5)16-6-15-32(18-28(34)38-3)19-29(35)39-4/h8,10,17,24-27H,6-7,9,11-16,18-20H2,1-5H3/t24?,25?,26?,27?,31-/m0/s1. The van der Waals surface area contributed by atoms with Crippen molar-refractivity contribution in [3.8, 4) is 5.75 Å². The van der Waals surface area contributed by atoms with Crippen LogP contribution >= 0.6 is 0 Å². The van der Waals surface area contributed by atoms with E-state index >= 15 is 0 Å². The Labute approximate surface area is 238 Å². The number of carbonyl (C=O) groups is 3. The first-order valence-corrected chi connectivity index (χ1v) is 14.6. The first-order chi connectivity index (χ1) is 19.2. The smallest absolute Gasteiger partial charge is 0.319 e. The summed E-state index contributed by atoms with van der Waals surface area (Å²) in [6, 6.07) is 6.90. The van der Waals surface area contributed by atoms with Crippen molar-refractivity contribution in [1.82, 2.24) is 9.80 Å². The van der Waals surface area contributed by atoms with Gasteiger partial charge in [0.1, 0.15) is 5.75 Å². The van der Waals surface area contributed by atoms with Crippen LogP contribution in [0.4, 0.5) is 0 Å². The number of nitrogens with zero attached hydrogens (tertiary/aromatic N) is 2. The average molecular weight is 559 g/mol. The first kappa shape index (κ1) is 30.3. The third-order valence-corrected chi connectivity index (χ3v) is 9.96. The van der Waals surface area contributed by atoms with Crippen LogP contribution in [-0.4, -0.2) is 94.9 Å². The molecule has 3 aliphatic carbocycles. The molecule has 40 heavy (non-hydrogen) atoms. The highest BCUT2D eigenvalue weighted by molar-refractivity contribution is 5.74. The number of rotatable bonds is 12. The van der Waals surface area contributed by atoms with E-state index in [2.05, 4.69) is 30.0 Å². The van der Waals surface area contributed by atoms with Gasteiger partial charge in [0.15, 0.2) is 0 Å². The maximum absolute atomic E-state index is 12.5. The van der Waals surface area contributed by atoms with Gasteiger partial charge in [0.25, 0.3) is 0 Å². The van der Waals surface area contributed by atoms with Crippen molar-refractivity contribution < 1.29 is 33.3 Å². The van der Waals surface area contributed by atoms with Gasteiger partial charge in [-0.05, 0) is 91.4 Å². The highest BCUT2D eigenvalue weighted by atomic mass is 16.5. The molecule has 0 radical (unpaired) electrons. The predicted octanol–water partition coefficient (Wildman–Crippen LogP) is 3.43. The minimum atomic E-state index is -0.397. The van der Waals surface area contributed by atoms with Gasteiger partial charge in [-0.2, -0.15) is 0 Å². The predicted molar refractivity (Wildman–Crippen MR) is 150 cm³/mol. The number of methoxy groups -OCH3 is 4. The summed E-state index contributed by atoms with van der Waals surface area (Å²) < 4.78 is 20.2. The zero-order valence-electron chi connectivity index (χ0n) is 24.8. The summed E-state index contributed by atoms with van der Waals surface area (Å²) >= 11 is 0. The minimum Gasteiger partial charge on any atom is -0.497 e. The molecule has 222 valence electrons. The van der Waals surface area contributed by atoms with Crippen LogP contribution in [-0.2, 0) is 35.0 Å². The van der Waals surface area contributed by atoms with Gasteiger partial charge in [0.2, 0.25) is 0 Å². The molecule has 0 aliphatic heterocycles.